The molecule has 0 atom stereocenters. The van der Waals surface area contributed by atoms with Crippen molar-refractivity contribution in [1.29, 1.82) is 0 Å². The van der Waals surface area contributed by atoms with Crippen LogP contribution in [0.2, 0.25) is 0 Å². The SMILES string of the molecule is CCNC(=NCc1ccc2c(c1)OCCCO2)N1CCN(C(=O)OCC)CC1.I. The Morgan fingerprint density at radius 1 is 1.10 bits per heavy atom. The van der Waals surface area contributed by atoms with E-state index in [2.05, 4.69) is 17.1 Å². The Hall–Kier alpha value is -1.91. The van der Waals surface area contributed by atoms with E-state index in [0.29, 0.717) is 39.5 Å². The number of nitrogens with one attached hydrogen (secondary N) is 1. The molecule has 0 unspecified atom stereocenters. The first-order valence-electron chi connectivity index (χ1n) is 10.0. The number of carbonyl (C=O) groups is 1. The molecule has 1 aromatic carbocycles. The number of amides is 1. The standard InChI is InChI=1S/C20H30N4O4.HI/c1-3-21-19(23-8-10-24(11-9-23)20(25)26-4-2)22-15-16-6-7-17-18(14-16)28-13-5-12-27-17;/h6-7,14H,3-5,8-13,15H2,1-2H3,(H,21,22);1H. The zero-order chi connectivity index (χ0) is 19.8. The Kier molecular flexibility index (Phi) is 9.62. The number of rotatable bonds is 4. The van der Waals surface area contributed by atoms with Crippen molar-refractivity contribution in [2.24, 2.45) is 4.99 Å². The number of hydrogen-bond donors (Lipinski definition) is 1. The van der Waals surface area contributed by atoms with Gasteiger partial charge in [0, 0.05) is 39.1 Å². The van der Waals surface area contributed by atoms with Gasteiger partial charge in [0.25, 0.3) is 0 Å². The van der Waals surface area contributed by atoms with E-state index in [1.165, 1.54) is 0 Å². The second kappa shape index (κ2) is 11.9. The van der Waals surface area contributed by atoms with Gasteiger partial charge in [0.15, 0.2) is 17.5 Å². The lowest BCUT2D eigenvalue weighted by Crippen LogP contribution is -2.53. The fraction of sp³-hybridized carbons (Fsp3) is 0.600. The molecule has 1 saturated heterocycles. The molecule has 8 nitrogen and oxygen atoms in total. The Bertz CT molecular complexity index is 693. The van der Waals surface area contributed by atoms with Gasteiger partial charge in [0.1, 0.15) is 0 Å². The maximum atomic E-state index is 11.9. The van der Waals surface area contributed by atoms with Crippen LogP contribution in [-0.2, 0) is 11.3 Å². The molecule has 1 fully saturated rings. The maximum absolute atomic E-state index is 11.9. The van der Waals surface area contributed by atoms with Gasteiger partial charge in [-0.15, -0.1) is 24.0 Å². The summed E-state index contributed by atoms with van der Waals surface area (Å²) in [6.07, 6.45) is 0.654. The van der Waals surface area contributed by atoms with Crippen LogP contribution < -0.4 is 14.8 Å². The fourth-order valence-corrected chi connectivity index (χ4v) is 3.21. The van der Waals surface area contributed by atoms with Crippen LogP contribution in [-0.4, -0.2) is 74.4 Å². The van der Waals surface area contributed by atoms with Crippen molar-refractivity contribution in [3.05, 3.63) is 23.8 Å². The van der Waals surface area contributed by atoms with Crippen LogP contribution in [0.5, 0.6) is 11.5 Å². The first kappa shape index (κ1) is 23.4. The topological polar surface area (TPSA) is 75.6 Å². The second-order valence-corrected chi connectivity index (χ2v) is 6.67. The predicted octanol–water partition coefficient (Wildman–Crippen LogP) is 2.71. The summed E-state index contributed by atoms with van der Waals surface area (Å²) in [5, 5.41) is 3.35. The Labute approximate surface area is 189 Å². The highest BCUT2D eigenvalue weighted by Crippen LogP contribution is 2.30. The average Bonchev–Trinajstić information content (AvgIpc) is 2.96. The summed E-state index contributed by atoms with van der Waals surface area (Å²) in [7, 11) is 0. The largest absolute Gasteiger partial charge is 0.490 e. The number of aliphatic imine (C=N–C) groups is 1. The summed E-state index contributed by atoms with van der Waals surface area (Å²) in [5.41, 5.74) is 1.07. The first-order chi connectivity index (χ1) is 13.7. The van der Waals surface area contributed by atoms with Crippen LogP contribution in [0.1, 0.15) is 25.8 Å². The van der Waals surface area contributed by atoms with Gasteiger partial charge in [-0.2, -0.15) is 0 Å². The minimum Gasteiger partial charge on any atom is -0.490 e. The van der Waals surface area contributed by atoms with Crippen LogP contribution in [0.3, 0.4) is 0 Å². The van der Waals surface area contributed by atoms with E-state index in [1.54, 1.807) is 4.90 Å². The van der Waals surface area contributed by atoms with Gasteiger partial charge >= 0.3 is 6.09 Å². The monoisotopic (exact) mass is 518 g/mol. The lowest BCUT2D eigenvalue weighted by atomic mass is 10.2. The van der Waals surface area contributed by atoms with Crippen LogP contribution >= 0.6 is 24.0 Å². The number of halogens is 1. The van der Waals surface area contributed by atoms with Crippen molar-refractivity contribution < 1.29 is 19.0 Å². The van der Waals surface area contributed by atoms with Crippen molar-refractivity contribution in [2.75, 3.05) is 52.5 Å². The van der Waals surface area contributed by atoms with Crippen molar-refractivity contribution in [3.63, 3.8) is 0 Å². The van der Waals surface area contributed by atoms with Crippen molar-refractivity contribution in [1.82, 2.24) is 15.1 Å². The molecule has 9 heteroatoms. The van der Waals surface area contributed by atoms with Gasteiger partial charge in [0.2, 0.25) is 0 Å². The van der Waals surface area contributed by atoms with Gasteiger partial charge in [0.05, 0.1) is 26.4 Å². The molecule has 2 heterocycles. The maximum Gasteiger partial charge on any atom is 0.409 e. The molecule has 0 saturated carbocycles. The minimum atomic E-state index is -0.240. The van der Waals surface area contributed by atoms with Gasteiger partial charge in [-0.3, -0.25) is 0 Å². The summed E-state index contributed by atoms with van der Waals surface area (Å²) >= 11 is 0. The first-order valence-corrected chi connectivity index (χ1v) is 10.0. The zero-order valence-corrected chi connectivity index (χ0v) is 19.5. The lowest BCUT2D eigenvalue weighted by molar-refractivity contribution is 0.0914. The number of fused-ring (bicyclic) bond motifs is 1. The third kappa shape index (κ3) is 6.55. The number of ether oxygens (including phenoxy) is 3. The highest BCUT2D eigenvalue weighted by molar-refractivity contribution is 14.0. The molecule has 0 radical (unpaired) electrons. The quantitative estimate of drug-likeness (QED) is 0.376. The molecule has 29 heavy (non-hydrogen) atoms. The molecule has 1 amide bonds. The smallest absolute Gasteiger partial charge is 0.409 e. The van der Waals surface area contributed by atoms with Crippen LogP contribution in [0.25, 0.3) is 0 Å². The third-order valence-corrected chi connectivity index (χ3v) is 4.66. The predicted molar refractivity (Wildman–Crippen MR) is 122 cm³/mol. The van der Waals surface area contributed by atoms with Gasteiger partial charge in [-0.25, -0.2) is 9.79 Å². The normalized spacial score (nSPS) is 16.6. The molecule has 2 aliphatic rings. The summed E-state index contributed by atoms with van der Waals surface area (Å²) in [6, 6.07) is 5.99. The molecule has 0 aromatic heterocycles. The zero-order valence-electron chi connectivity index (χ0n) is 17.2. The van der Waals surface area contributed by atoms with E-state index in [-0.39, 0.29) is 30.1 Å². The molecule has 162 valence electrons. The summed E-state index contributed by atoms with van der Waals surface area (Å²) in [6.45, 7) is 9.70. The summed E-state index contributed by atoms with van der Waals surface area (Å²) < 4.78 is 16.5. The summed E-state index contributed by atoms with van der Waals surface area (Å²) in [4.78, 5) is 20.6. The Morgan fingerprint density at radius 2 is 1.79 bits per heavy atom. The van der Waals surface area contributed by atoms with Crippen LogP contribution in [0.4, 0.5) is 4.79 Å². The Balaban J connectivity index is 0.00000300. The molecular weight excluding hydrogens is 487 g/mol. The molecule has 0 spiro atoms. The van der Waals surface area contributed by atoms with Gasteiger partial charge in [-0.1, -0.05) is 6.07 Å². The molecular formula is C20H31IN4O4. The highest BCUT2D eigenvalue weighted by Gasteiger charge is 2.23. The third-order valence-electron chi connectivity index (χ3n) is 4.66. The van der Waals surface area contributed by atoms with Crippen molar-refractivity contribution in [3.8, 4) is 11.5 Å². The molecule has 0 aliphatic carbocycles. The van der Waals surface area contributed by atoms with E-state index in [1.807, 2.05) is 25.1 Å². The minimum absolute atomic E-state index is 0. The second-order valence-electron chi connectivity index (χ2n) is 6.67. The fourth-order valence-electron chi connectivity index (χ4n) is 3.21. The molecule has 1 N–H and O–H groups in total. The molecule has 1 aromatic rings. The Morgan fingerprint density at radius 3 is 2.48 bits per heavy atom. The summed E-state index contributed by atoms with van der Waals surface area (Å²) in [5.74, 6) is 2.45. The van der Waals surface area contributed by atoms with E-state index >= 15 is 0 Å². The number of benzene rings is 1. The molecule has 2 aliphatic heterocycles. The number of hydrogen-bond acceptors (Lipinski definition) is 5. The number of guanidine groups is 1. The molecule has 3 rings (SSSR count). The highest BCUT2D eigenvalue weighted by atomic mass is 127. The number of piperazine rings is 1. The van der Waals surface area contributed by atoms with Crippen LogP contribution in [0, 0.1) is 0 Å². The van der Waals surface area contributed by atoms with E-state index in [9.17, 15) is 4.79 Å². The average molecular weight is 518 g/mol. The van der Waals surface area contributed by atoms with Gasteiger partial charge < -0.3 is 29.3 Å². The number of nitrogens with zero attached hydrogens (tertiary/aromatic N) is 3. The number of carbonyl (C=O) groups excluding carboxylic acids is 1. The van der Waals surface area contributed by atoms with Crippen molar-refractivity contribution >= 4 is 36.0 Å². The molecule has 0 bridgehead atoms. The van der Waals surface area contributed by atoms with Gasteiger partial charge in [-0.05, 0) is 31.5 Å². The lowest BCUT2D eigenvalue weighted by Gasteiger charge is -2.35. The van der Waals surface area contributed by atoms with E-state index in [4.69, 9.17) is 19.2 Å². The van der Waals surface area contributed by atoms with Crippen LogP contribution in [0.15, 0.2) is 23.2 Å². The van der Waals surface area contributed by atoms with E-state index < -0.39 is 0 Å². The van der Waals surface area contributed by atoms with E-state index in [0.717, 1.165) is 49.1 Å². The van der Waals surface area contributed by atoms with Crippen molar-refractivity contribution in [2.45, 2.75) is 26.8 Å².